The van der Waals surface area contributed by atoms with E-state index in [4.69, 9.17) is 19.4 Å². The van der Waals surface area contributed by atoms with E-state index in [1.807, 2.05) is 48.5 Å². The third-order valence-corrected chi connectivity index (χ3v) is 10.5. The SMILES string of the molecule is c1ccc(-c2cccc(-c3nc(-c4ccccc4)nc(-c4ccc5c(c4)sc4cccc(-c6cccc7c6oc6ccccc67)c45)n3)c2)cc1. The van der Waals surface area contributed by atoms with E-state index in [1.165, 1.54) is 25.7 Å². The summed E-state index contributed by atoms with van der Waals surface area (Å²) in [6.07, 6.45) is 0. The molecule has 0 saturated heterocycles. The van der Waals surface area contributed by atoms with Gasteiger partial charge in [0.15, 0.2) is 17.5 Å². The second-order valence-corrected chi connectivity index (χ2v) is 13.5. The third kappa shape index (κ3) is 4.79. The molecule has 0 radical (unpaired) electrons. The third-order valence-electron chi connectivity index (χ3n) is 9.35. The van der Waals surface area contributed by atoms with E-state index >= 15 is 0 Å². The van der Waals surface area contributed by atoms with Crippen molar-refractivity contribution in [3.05, 3.63) is 164 Å². The molecule has 10 rings (SSSR count). The van der Waals surface area contributed by atoms with Crippen LogP contribution >= 0.6 is 11.3 Å². The quantitative estimate of drug-likeness (QED) is 0.185. The average molecular weight is 658 g/mol. The minimum atomic E-state index is 0.643. The molecule has 0 amide bonds. The van der Waals surface area contributed by atoms with Crippen molar-refractivity contribution in [3.63, 3.8) is 0 Å². The highest BCUT2D eigenvalue weighted by atomic mass is 32.1. The molecule has 234 valence electrons. The number of hydrogen-bond donors (Lipinski definition) is 0. The van der Waals surface area contributed by atoms with Gasteiger partial charge in [0.25, 0.3) is 0 Å². The Morgan fingerprint density at radius 2 is 0.980 bits per heavy atom. The van der Waals surface area contributed by atoms with Gasteiger partial charge in [0.05, 0.1) is 0 Å². The zero-order chi connectivity index (χ0) is 33.0. The van der Waals surface area contributed by atoms with Crippen LogP contribution in [0.1, 0.15) is 0 Å². The Kier molecular flexibility index (Phi) is 6.64. The minimum Gasteiger partial charge on any atom is -0.455 e. The Balaban J connectivity index is 1.13. The van der Waals surface area contributed by atoms with E-state index in [1.54, 1.807) is 11.3 Å². The molecule has 0 unspecified atom stereocenters. The zero-order valence-electron chi connectivity index (χ0n) is 26.7. The van der Waals surface area contributed by atoms with Gasteiger partial charge in [0, 0.05) is 53.2 Å². The first-order valence-electron chi connectivity index (χ1n) is 16.6. The van der Waals surface area contributed by atoms with Crippen molar-refractivity contribution in [2.24, 2.45) is 0 Å². The largest absolute Gasteiger partial charge is 0.455 e. The molecule has 50 heavy (non-hydrogen) atoms. The van der Waals surface area contributed by atoms with E-state index < -0.39 is 0 Å². The van der Waals surface area contributed by atoms with Crippen LogP contribution in [-0.2, 0) is 0 Å². The predicted molar refractivity (Wildman–Crippen MR) is 207 cm³/mol. The van der Waals surface area contributed by atoms with Crippen molar-refractivity contribution in [3.8, 4) is 56.4 Å². The smallest absolute Gasteiger partial charge is 0.164 e. The number of nitrogens with zero attached hydrogens (tertiary/aromatic N) is 3. The van der Waals surface area contributed by atoms with Crippen LogP contribution < -0.4 is 0 Å². The summed E-state index contributed by atoms with van der Waals surface area (Å²) in [6, 6.07) is 56.8. The number of aromatic nitrogens is 3. The van der Waals surface area contributed by atoms with Gasteiger partial charge >= 0.3 is 0 Å². The first-order chi connectivity index (χ1) is 24.8. The summed E-state index contributed by atoms with van der Waals surface area (Å²) in [7, 11) is 0. The Hall–Kier alpha value is -6.43. The summed E-state index contributed by atoms with van der Waals surface area (Å²) in [5, 5.41) is 4.69. The molecule has 0 aliphatic rings. The zero-order valence-corrected chi connectivity index (χ0v) is 27.6. The number of rotatable bonds is 5. The summed E-state index contributed by atoms with van der Waals surface area (Å²) in [6.45, 7) is 0. The van der Waals surface area contributed by atoms with Crippen LogP contribution in [0.4, 0.5) is 0 Å². The maximum atomic E-state index is 6.46. The van der Waals surface area contributed by atoms with E-state index in [9.17, 15) is 0 Å². The topological polar surface area (TPSA) is 51.8 Å². The molecule has 0 atom stereocenters. The Labute approximate surface area is 292 Å². The van der Waals surface area contributed by atoms with Crippen molar-refractivity contribution in [1.82, 2.24) is 15.0 Å². The molecule has 3 aromatic heterocycles. The second kappa shape index (κ2) is 11.6. The highest BCUT2D eigenvalue weighted by molar-refractivity contribution is 7.26. The van der Waals surface area contributed by atoms with Crippen LogP contribution in [0.25, 0.3) is 98.5 Å². The average Bonchev–Trinajstić information content (AvgIpc) is 3.77. The molecule has 5 heteroatoms. The van der Waals surface area contributed by atoms with Gasteiger partial charge in [-0.3, -0.25) is 0 Å². The summed E-state index contributed by atoms with van der Waals surface area (Å²) in [4.78, 5) is 15.1. The van der Waals surface area contributed by atoms with Gasteiger partial charge < -0.3 is 4.42 Å². The number of hydrogen-bond acceptors (Lipinski definition) is 5. The lowest BCUT2D eigenvalue weighted by atomic mass is 9.97. The molecule has 0 N–H and O–H groups in total. The van der Waals surface area contributed by atoms with Crippen LogP contribution in [-0.4, -0.2) is 15.0 Å². The van der Waals surface area contributed by atoms with Crippen molar-refractivity contribution >= 4 is 53.4 Å². The molecule has 3 heterocycles. The monoisotopic (exact) mass is 657 g/mol. The van der Waals surface area contributed by atoms with Crippen LogP contribution in [0.3, 0.4) is 0 Å². The number of furan rings is 1. The summed E-state index contributed by atoms with van der Waals surface area (Å²) in [5.41, 5.74) is 9.19. The molecule has 0 fully saturated rings. The molecule has 0 aliphatic carbocycles. The number of benzene rings is 7. The van der Waals surface area contributed by atoms with Gasteiger partial charge in [0.2, 0.25) is 0 Å². The van der Waals surface area contributed by atoms with Crippen LogP contribution in [0.5, 0.6) is 0 Å². The first-order valence-corrected chi connectivity index (χ1v) is 17.4. The highest BCUT2D eigenvalue weighted by Crippen LogP contribution is 2.44. The van der Waals surface area contributed by atoms with E-state index in [0.29, 0.717) is 17.5 Å². The van der Waals surface area contributed by atoms with Crippen LogP contribution in [0.15, 0.2) is 168 Å². The van der Waals surface area contributed by atoms with Crippen molar-refractivity contribution in [2.45, 2.75) is 0 Å². The first kappa shape index (κ1) is 28.6. The van der Waals surface area contributed by atoms with Gasteiger partial charge in [-0.25, -0.2) is 15.0 Å². The molecule has 7 aromatic carbocycles. The van der Waals surface area contributed by atoms with E-state index in [-0.39, 0.29) is 0 Å². The number of thiophene rings is 1. The predicted octanol–water partition coefficient (Wildman–Crippen LogP) is 12.5. The standard InChI is InChI=1S/C45H27N3OS/c1-3-12-28(13-4-1)30-16-9-17-31(26-30)44-46-43(29-14-5-2-6-15-29)47-45(48-44)32-24-25-37-40(27-32)50-39-23-11-19-34(41(37)39)36-21-10-20-35-33-18-7-8-22-38(33)49-42(35)36/h1-27H. The lowest BCUT2D eigenvalue weighted by Crippen LogP contribution is -2.00. The van der Waals surface area contributed by atoms with Gasteiger partial charge in [-0.15, -0.1) is 11.3 Å². The van der Waals surface area contributed by atoms with Crippen molar-refractivity contribution < 1.29 is 4.42 Å². The Morgan fingerprint density at radius 3 is 1.80 bits per heavy atom. The molecule has 10 aromatic rings. The molecule has 0 bridgehead atoms. The molecule has 0 aliphatic heterocycles. The summed E-state index contributed by atoms with van der Waals surface area (Å²) >= 11 is 1.79. The highest BCUT2D eigenvalue weighted by Gasteiger charge is 2.18. The second-order valence-electron chi connectivity index (χ2n) is 12.4. The van der Waals surface area contributed by atoms with Gasteiger partial charge in [-0.2, -0.15) is 0 Å². The minimum absolute atomic E-state index is 0.643. The molecular formula is C45H27N3OS. The van der Waals surface area contributed by atoms with Gasteiger partial charge in [0.1, 0.15) is 11.2 Å². The fourth-order valence-electron chi connectivity index (χ4n) is 6.97. The van der Waals surface area contributed by atoms with Crippen molar-refractivity contribution in [2.75, 3.05) is 0 Å². The van der Waals surface area contributed by atoms with Gasteiger partial charge in [-0.1, -0.05) is 140 Å². The van der Waals surface area contributed by atoms with Crippen molar-refractivity contribution in [1.29, 1.82) is 0 Å². The number of fused-ring (bicyclic) bond motifs is 6. The summed E-state index contributed by atoms with van der Waals surface area (Å²) < 4.78 is 8.86. The van der Waals surface area contributed by atoms with Crippen LogP contribution in [0.2, 0.25) is 0 Å². The summed E-state index contributed by atoms with van der Waals surface area (Å²) in [5.74, 6) is 1.93. The van der Waals surface area contributed by atoms with E-state index in [2.05, 4.69) is 115 Å². The fourth-order valence-corrected chi connectivity index (χ4v) is 8.14. The Morgan fingerprint density at radius 1 is 0.380 bits per heavy atom. The lowest BCUT2D eigenvalue weighted by Gasteiger charge is -2.10. The van der Waals surface area contributed by atoms with Crippen LogP contribution in [0, 0.1) is 0 Å². The normalized spacial score (nSPS) is 11.6. The molecule has 0 spiro atoms. The molecular weight excluding hydrogens is 631 g/mol. The maximum Gasteiger partial charge on any atom is 0.164 e. The van der Waals surface area contributed by atoms with E-state index in [0.717, 1.165) is 55.3 Å². The molecule has 0 saturated carbocycles. The molecule has 4 nitrogen and oxygen atoms in total. The Bertz CT molecular complexity index is 2870. The maximum absolute atomic E-state index is 6.46. The van der Waals surface area contributed by atoms with Gasteiger partial charge in [-0.05, 0) is 41.0 Å². The number of para-hydroxylation sites is 2. The fraction of sp³-hybridized carbons (Fsp3) is 0. The lowest BCUT2D eigenvalue weighted by molar-refractivity contribution is 0.670.